The third-order valence-electron chi connectivity index (χ3n) is 2.86. The van der Waals surface area contributed by atoms with Gasteiger partial charge in [0, 0.05) is 11.4 Å². The normalized spacial score (nSPS) is 8.27. The van der Waals surface area contributed by atoms with Crippen LogP contribution in [0.4, 0.5) is 22.7 Å². The van der Waals surface area contributed by atoms with Crippen molar-refractivity contribution in [2.45, 2.75) is 0 Å². The number of anilines is 2. The number of isothiocyanates is 2. The van der Waals surface area contributed by atoms with E-state index in [-0.39, 0.29) is 0 Å². The number of benzene rings is 2. The maximum Gasteiger partial charge on any atom is 0.185 e. The van der Waals surface area contributed by atoms with Crippen LogP contribution in [0.2, 0.25) is 0 Å². The number of hydrogen-bond acceptors (Lipinski definition) is 10. The molecule has 0 bridgehead atoms. The summed E-state index contributed by atoms with van der Waals surface area (Å²) in [6.07, 6.45) is 0. The van der Waals surface area contributed by atoms with Gasteiger partial charge < -0.3 is 21.5 Å². The van der Waals surface area contributed by atoms with Crippen LogP contribution in [0.5, 0.6) is 0 Å². The van der Waals surface area contributed by atoms with Gasteiger partial charge in [0.15, 0.2) is 10.2 Å². The Kier molecular flexibility index (Phi) is 15.6. The fourth-order valence-corrected chi connectivity index (χ4v) is 2.12. The summed E-state index contributed by atoms with van der Waals surface area (Å²) in [5.41, 5.74) is 7.81. The van der Waals surface area contributed by atoms with Crippen LogP contribution in [-0.2, 0) is 0 Å². The molecule has 0 aromatic heterocycles. The summed E-state index contributed by atoms with van der Waals surface area (Å²) in [6.45, 7) is 0. The molecule has 0 spiro atoms. The lowest BCUT2D eigenvalue weighted by Gasteiger charge is -2.09. The maximum absolute atomic E-state index is 5.13. The van der Waals surface area contributed by atoms with Crippen molar-refractivity contribution in [3.63, 3.8) is 0 Å². The average molecular weight is 481 g/mol. The second kappa shape index (κ2) is 17.1. The molecule has 0 aliphatic rings. The van der Waals surface area contributed by atoms with Gasteiger partial charge in [-0.1, -0.05) is 0 Å². The number of aliphatic imine (C=N–C) groups is 2. The fourth-order valence-electron chi connectivity index (χ4n) is 1.68. The van der Waals surface area contributed by atoms with E-state index in [2.05, 4.69) is 77.9 Å². The van der Waals surface area contributed by atoms with Gasteiger partial charge in [0.25, 0.3) is 0 Å². The molecule has 0 fully saturated rings. The molecule has 0 atom stereocenters. The quantitative estimate of drug-likeness (QED) is 0.138. The first kappa shape index (κ1) is 27.3. The van der Waals surface area contributed by atoms with Crippen molar-refractivity contribution in [1.82, 2.24) is 10.9 Å². The second-order valence-electron chi connectivity index (χ2n) is 4.70. The first-order valence-electron chi connectivity index (χ1n) is 7.76. The number of nitrogens with one attached hydrogen (secondary N) is 4. The van der Waals surface area contributed by atoms with Gasteiger partial charge in [-0.3, -0.25) is 11.7 Å². The average Bonchev–Trinajstić information content (AvgIpc) is 2.78. The van der Waals surface area contributed by atoms with E-state index in [9.17, 15) is 0 Å². The Balaban J connectivity index is 0.000000535. The minimum Gasteiger partial charge on any atom is -0.332 e. The monoisotopic (exact) mass is 480 g/mol. The SMILES string of the molecule is NN.NNC(=S)Nc1ccc(NC(=S)NN)cc1.S=C=Nc1ccc(N=C=S)cc1. The standard InChI is InChI=1S/C8H12N6S2.C8H4N2S2.H4N2/c9-13-7(15)11-5-1-2-6(4-3-5)12-8(16)14-10;11-5-9-7-1-2-8(4-3-7)10-6-12;1-2/h1-4H,9-10H2,(H2,11,13,15)(H2,12,14,16);1-4H;1-2H2. The van der Waals surface area contributed by atoms with Crippen LogP contribution in [0.15, 0.2) is 58.5 Å². The third-order valence-corrected chi connectivity index (χ3v) is 3.48. The van der Waals surface area contributed by atoms with Crippen molar-refractivity contribution in [3.8, 4) is 0 Å². The number of nitrogens with two attached hydrogens (primary N) is 4. The van der Waals surface area contributed by atoms with Crippen molar-refractivity contribution in [2.24, 2.45) is 33.4 Å². The molecule has 158 valence electrons. The van der Waals surface area contributed by atoms with Crippen molar-refractivity contribution >= 4 is 92.2 Å². The highest BCUT2D eigenvalue weighted by atomic mass is 32.1. The van der Waals surface area contributed by atoms with Crippen molar-refractivity contribution < 1.29 is 0 Å². The van der Waals surface area contributed by atoms with E-state index in [0.717, 1.165) is 22.7 Å². The highest BCUT2D eigenvalue weighted by Crippen LogP contribution is 2.17. The number of hydrazine groups is 3. The summed E-state index contributed by atoms with van der Waals surface area (Å²) < 4.78 is 0. The van der Waals surface area contributed by atoms with E-state index in [1.165, 1.54) is 0 Å². The summed E-state index contributed by atoms with van der Waals surface area (Å²) in [5.74, 6) is 18.3. The summed E-state index contributed by atoms with van der Waals surface area (Å²) >= 11 is 18.6. The molecule has 12 N–H and O–H groups in total. The highest BCUT2D eigenvalue weighted by molar-refractivity contribution is 7.80. The molecule has 0 radical (unpaired) electrons. The molecule has 0 aliphatic carbocycles. The zero-order valence-corrected chi connectivity index (χ0v) is 18.7. The van der Waals surface area contributed by atoms with E-state index in [1.807, 2.05) is 24.3 Å². The zero-order chi connectivity index (χ0) is 22.8. The minimum absolute atomic E-state index is 0.347. The van der Waals surface area contributed by atoms with E-state index in [0.29, 0.717) is 10.2 Å². The molecule has 0 heterocycles. The van der Waals surface area contributed by atoms with Gasteiger partial charge in [-0.15, -0.1) is 0 Å². The largest absolute Gasteiger partial charge is 0.332 e. The lowest BCUT2D eigenvalue weighted by atomic mass is 10.3. The Hall–Kier alpha value is -2.74. The third kappa shape index (κ3) is 12.0. The van der Waals surface area contributed by atoms with E-state index in [1.54, 1.807) is 24.3 Å². The molecule has 0 saturated carbocycles. The minimum atomic E-state index is 0.347. The Labute approximate surface area is 195 Å². The first-order chi connectivity index (χ1) is 14.5. The second-order valence-corrected chi connectivity index (χ2v) is 5.88. The van der Waals surface area contributed by atoms with E-state index < -0.39 is 0 Å². The molecule has 2 rings (SSSR count). The van der Waals surface area contributed by atoms with Crippen LogP contribution in [0, 0.1) is 0 Å². The Morgan fingerprint density at radius 2 is 0.967 bits per heavy atom. The Morgan fingerprint density at radius 1 is 0.667 bits per heavy atom. The topological polar surface area (TPSA) is 177 Å². The molecule has 30 heavy (non-hydrogen) atoms. The van der Waals surface area contributed by atoms with Crippen LogP contribution in [0.3, 0.4) is 0 Å². The number of rotatable bonds is 4. The highest BCUT2D eigenvalue weighted by Gasteiger charge is 1.97. The van der Waals surface area contributed by atoms with Crippen LogP contribution < -0.4 is 44.9 Å². The fraction of sp³-hybridized carbons (Fsp3) is 0. The van der Waals surface area contributed by atoms with E-state index >= 15 is 0 Å². The lowest BCUT2D eigenvalue weighted by Crippen LogP contribution is -2.34. The van der Waals surface area contributed by atoms with Crippen LogP contribution in [0.25, 0.3) is 0 Å². The molecule has 14 heteroatoms. The molecule has 0 amide bonds. The summed E-state index contributed by atoms with van der Waals surface area (Å²) in [5, 5.41) is 11.0. The number of nitrogens with zero attached hydrogens (tertiary/aromatic N) is 2. The van der Waals surface area contributed by atoms with Gasteiger partial charge in [-0.25, -0.2) is 11.7 Å². The number of thiocarbonyl (C=S) groups is 4. The Morgan fingerprint density at radius 3 is 1.20 bits per heavy atom. The summed E-state index contributed by atoms with van der Waals surface area (Å²) in [7, 11) is 0. The first-order valence-corrected chi connectivity index (χ1v) is 9.40. The van der Waals surface area contributed by atoms with Gasteiger partial charge in [0.2, 0.25) is 0 Å². The molecule has 0 aliphatic heterocycles. The van der Waals surface area contributed by atoms with Gasteiger partial charge in [0.1, 0.15) is 0 Å². The molecular weight excluding hydrogens is 461 g/mol. The Bertz CT molecular complexity index is 815. The van der Waals surface area contributed by atoms with Gasteiger partial charge in [0.05, 0.1) is 21.7 Å². The van der Waals surface area contributed by atoms with Gasteiger partial charge in [-0.2, -0.15) is 9.98 Å². The lowest BCUT2D eigenvalue weighted by molar-refractivity contribution is 1.04. The zero-order valence-electron chi connectivity index (χ0n) is 15.5. The molecule has 10 nitrogen and oxygen atoms in total. The van der Waals surface area contributed by atoms with Crippen molar-refractivity contribution in [2.75, 3.05) is 10.6 Å². The van der Waals surface area contributed by atoms with Crippen LogP contribution in [-0.4, -0.2) is 20.5 Å². The molecular formula is C16H20N10S4. The summed E-state index contributed by atoms with van der Waals surface area (Å²) in [4.78, 5) is 7.57. The van der Waals surface area contributed by atoms with Crippen molar-refractivity contribution in [1.29, 1.82) is 0 Å². The summed E-state index contributed by atoms with van der Waals surface area (Å²) in [6, 6.07) is 14.4. The molecule has 0 unspecified atom stereocenters. The van der Waals surface area contributed by atoms with Crippen molar-refractivity contribution in [3.05, 3.63) is 48.5 Å². The molecule has 2 aromatic carbocycles. The smallest absolute Gasteiger partial charge is 0.185 e. The van der Waals surface area contributed by atoms with Gasteiger partial charge >= 0.3 is 0 Å². The number of hydrogen-bond donors (Lipinski definition) is 8. The van der Waals surface area contributed by atoms with Crippen LogP contribution >= 0.6 is 48.9 Å². The molecule has 0 saturated heterocycles. The van der Waals surface area contributed by atoms with Crippen LogP contribution in [0.1, 0.15) is 0 Å². The van der Waals surface area contributed by atoms with E-state index in [4.69, 9.17) is 36.1 Å². The maximum atomic E-state index is 5.13. The van der Waals surface area contributed by atoms with Gasteiger partial charge in [-0.05, 0) is 97.4 Å². The molecule has 2 aromatic rings. The predicted octanol–water partition coefficient (Wildman–Crippen LogP) is 1.98. The predicted molar refractivity (Wildman–Crippen MR) is 138 cm³/mol.